The molecule has 1 aliphatic heterocycles. The summed E-state index contributed by atoms with van der Waals surface area (Å²) in [5.41, 5.74) is 1.04. The summed E-state index contributed by atoms with van der Waals surface area (Å²) in [7, 11) is 0. The summed E-state index contributed by atoms with van der Waals surface area (Å²) in [6.07, 6.45) is 1.66. The first-order valence-electron chi connectivity index (χ1n) is 6.65. The van der Waals surface area contributed by atoms with Crippen LogP contribution >= 0.6 is 15.9 Å². The van der Waals surface area contributed by atoms with Gasteiger partial charge >= 0.3 is 6.09 Å². The van der Waals surface area contributed by atoms with Crippen LogP contribution in [-0.4, -0.2) is 35.0 Å². The lowest BCUT2D eigenvalue weighted by Gasteiger charge is -2.20. The van der Waals surface area contributed by atoms with Gasteiger partial charge in [0.05, 0.1) is 12.2 Å². The van der Waals surface area contributed by atoms with Gasteiger partial charge in [-0.25, -0.2) is 4.79 Å². The van der Waals surface area contributed by atoms with Crippen LogP contribution in [0, 0.1) is 0 Å². The zero-order valence-corrected chi connectivity index (χ0v) is 13.8. The molecule has 0 saturated heterocycles. The van der Waals surface area contributed by atoms with Crippen molar-refractivity contribution in [2.24, 2.45) is 5.16 Å². The molecule has 1 atom stereocenters. The first-order valence-corrected chi connectivity index (χ1v) is 7.44. The van der Waals surface area contributed by atoms with Gasteiger partial charge in [-0.05, 0) is 48.8 Å². The maximum atomic E-state index is 11.6. The summed E-state index contributed by atoms with van der Waals surface area (Å²) < 4.78 is 6.07. The van der Waals surface area contributed by atoms with Crippen LogP contribution in [-0.2, 0) is 9.57 Å². The molecule has 21 heavy (non-hydrogen) atoms. The average Bonchev–Trinajstić information content (AvgIpc) is 2.84. The molecule has 6 nitrogen and oxygen atoms in total. The third-order valence-electron chi connectivity index (χ3n) is 2.63. The number of amides is 1. The number of ether oxygens (including phenoxy) is 1. The van der Waals surface area contributed by atoms with E-state index in [9.17, 15) is 4.79 Å². The molecule has 1 aliphatic rings. The normalized spacial score (nSPS) is 17.9. The highest BCUT2D eigenvalue weighted by Crippen LogP contribution is 2.16. The van der Waals surface area contributed by atoms with Crippen LogP contribution in [0.3, 0.4) is 0 Å². The minimum Gasteiger partial charge on any atom is -0.444 e. The Balaban J connectivity index is 1.80. The predicted molar refractivity (Wildman–Crippen MR) is 82.2 cm³/mol. The molecule has 0 fully saturated rings. The standard InChI is InChI=1S/C14H18BrN3O3/c1-14(2,3)20-13(19)17-8-10-6-12(18-21-10)11-5-4-9(15)7-16-11/h4-5,7,10H,6,8H2,1-3H3,(H,17,19)/t10-/m0/s1. The topological polar surface area (TPSA) is 72.8 Å². The van der Waals surface area contributed by atoms with E-state index >= 15 is 0 Å². The molecular formula is C14H18BrN3O3. The van der Waals surface area contributed by atoms with Gasteiger partial charge in [0.25, 0.3) is 0 Å². The van der Waals surface area contributed by atoms with Gasteiger partial charge in [0.1, 0.15) is 11.3 Å². The second-order valence-electron chi connectivity index (χ2n) is 5.71. The van der Waals surface area contributed by atoms with Crippen LogP contribution in [0.1, 0.15) is 32.9 Å². The zero-order valence-electron chi connectivity index (χ0n) is 12.2. The van der Waals surface area contributed by atoms with E-state index in [-0.39, 0.29) is 6.10 Å². The molecular weight excluding hydrogens is 338 g/mol. The molecule has 1 aromatic rings. The highest BCUT2D eigenvalue weighted by Gasteiger charge is 2.24. The molecule has 0 unspecified atom stereocenters. The Morgan fingerprint density at radius 3 is 2.90 bits per heavy atom. The van der Waals surface area contributed by atoms with E-state index in [2.05, 4.69) is 31.4 Å². The van der Waals surface area contributed by atoms with Crippen molar-refractivity contribution >= 4 is 27.7 Å². The Kier molecular flexibility index (Phi) is 4.82. The van der Waals surface area contributed by atoms with Gasteiger partial charge in [-0.2, -0.15) is 0 Å². The fourth-order valence-electron chi connectivity index (χ4n) is 1.75. The SMILES string of the molecule is CC(C)(C)OC(=O)NC[C@@H]1CC(c2ccc(Br)cn2)=NO1. The molecule has 1 amide bonds. The number of nitrogens with zero attached hydrogens (tertiary/aromatic N) is 2. The smallest absolute Gasteiger partial charge is 0.407 e. The molecule has 7 heteroatoms. The van der Waals surface area contributed by atoms with E-state index in [0.717, 1.165) is 15.9 Å². The first kappa shape index (κ1) is 15.8. The zero-order chi connectivity index (χ0) is 15.5. The maximum Gasteiger partial charge on any atom is 0.407 e. The minimum absolute atomic E-state index is 0.196. The summed E-state index contributed by atoms with van der Waals surface area (Å²) in [6, 6.07) is 3.77. The lowest BCUT2D eigenvalue weighted by atomic mass is 10.1. The molecule has 1 aromatic heterocycles. The largest absolute Gasteiger partial charge is 0.444 e. The van der Waals surface area contributed by atoms with Crippen molar-refractivity contribution < 1.29 is 14.4 Å². The van der Waals surface area contributed by atoms with Gasteiger partial charge in [0.15, 0.2) is 6.10 Å². The Hall–Kier alpha value is -1.63. The van der Waals surface area contributed by atoms with Gasteiger partial charge in [0, 0.05) is 17.1 Å². The van der Waals surface area contributed by atoms with E-state index in [1.807, 2.05) is 32.9 Å². The molecule has 1 N–H and O–H groups in total. The molecule has 2 rings (SSSR count). The molecule has 0 aromatic carbocycles. The predicted octanol–water partition coefficient (Wildman–Crippen LogP) is 2.86. The number of alkyl carbamates (subject to hydrolysis) is 1. The number of oxime groups is 1. The van der Waals surface area contributed by atoms with Crippen LogP contribution in [0.15, 0.2) is 28.0 Å². The monoisotopic (exact) mass is 355 g/mol. The Morgan fingerprint density at radius 1 is 1.52 bits per heavy atom. The van der Waals surface area contributed by atoms with Gasteiger partial charge in [-0.15, -0.1) is 0 Å². The lowest BCUT2D eigenvalue weighted by molar-refractivity contribution is 0.0439. The molecule has 0 spiro atoms. The summed E-state index contributed by atoms with van der Waals surface area (Å²) in [6.45, 7) is 5.80. The van der Waals surface area contributed by atoms with E-state index < -0.39 is 11.7 Å². The fraction of sp³-hybridized carbons (Fsp3) is 0.500. The van der Waals surface area contributed by atoms with E-state index in [1.54, 1.807) is 6.20 Å². The molecule has 0 aliphatic carbocycles. The van der Waals surface area contributed by atoms with Crippen molar-refractivity contribution in [2.45, 2.75) is 38.9 Å². The number of nitrogens with one attached hydrogen (secondary N) is 1. The Morgan fingerprint density at radius 2 is 2.29 bits per heavy atom. The third-order valence-corrected chi connectivity index (χ3v) is 3.10. The lowest BCUT2D eigenvalue weighted by Crippen LogP contribution is -2.37. The van der Waals surface area contributed by atoms with Crippen molar-refractivity contribution in [1.82, 2.24) is 10.3 Å². The van der Waals surface area contributed by atoms with Crippen molar-refractivity contribution in [3.8, 4) is 0 Å². The van der Waals surface area contributed by atoms with Gasteiger partial charge in [-0.3, -0.25) is 4.98 Å². The maximum absolute atomic E-state index is 11.6. The summed E-state index contributed by atoms with van der Waals surface area (Å²) in [5, 5.41) is 6.69. The van der Waals surface area contributed by atoms with Crippen molar-refractivity contribution in [2.75, 3.05) is 6.54 Å². The number of hydrogen-bond acceptors (Lipinski definition) is 5. The van der Waals surface area contributed by atoms with Gasteiger partial charge in [0.2, 0.25) is 0 Å². The second kappa shape index (κ2) is 6.43. The number of pyridine rings is 1. The molecule has 0 radical (unpaired) electrons. The summed E-state index contributed by atoms with van der Waals surface area (Å²) in [5.74, 6) is 0. The van der Waals surface area contributed by atoms with Crippen LogP contribution in [0.25, 0.3) is 0 Å². The third kappa shape index (κ3) is 5.00. The van der Waals surface area contributed by atoms with Gasteiger partial charge in [-0.1, -0.05) is 5.16 Å². The van der Waals surface area contributed by atoms with E-state index in [0.29, 0.717) is 13.0 Å². The second-order valence-corrected chi connectivity index (χ2v) is 6.63. The summed E-state index contributed by atoms with van der Waals surface area (Å²) in [4.78, 5) is 21.1. The number of aromatic nitrogens is 1. The highest BCUT2D eigenvalue weighted by atomic mass is 79.9. The molecule has 2 heterocycles. The van der Waals surface area contributed by atoms with Crippen molar-refractivity contribution in [3.63, 3.8) is 0 Å². The van der Waals surface area contributed by atoms with Gasteiger partial charge < -0.3 is 14.9 Å². The number of rotatable bonds is 3. The number of carbonyl (C=O) groups is 1. The quantitative estimate of drug-likeness (QED) is 0.904. The molecule has 114 valence electrons. The number of hydrogen-bond donors (Lipinski definition) is 1. The highest BCUT2D eigenvalue weighted by molar-refractivity contribution is 9.10. The minimum atomic E-state index is -0.510. The van der Waals surface area contributed by atoms with Crippen LogP contribution in [0.2, 0.25) is 0 Å². The van der Waals surface area contributed by atoms with E-state index in [4.69, 9.17) is 9.57 Å². The van der Waals surface area contributed by atoms with Crippen molar-refractivity contribution in [1.29, 1.82) is 0 Å². The Bertz CT molecular complexity index is 537. The Labute approximate surface area is 132 Å². The molecule has 0 bridgehead atoms. The van der Waals surface area contributed by atoms with Crippen LogP contribution < -0.4 is 5.32 Å². The number of carbonyl (C=O) groups excluding carboxylic acids is 1. The molecule has 0 saturated carbocycles. The average molecular weight is 356 g/mol. The summed E-state index contributed by atoms with van der Waals surface area (Å²) >= 11 is 3.34. The number of halogens is 1. The van der Waals surface area contributed by atoms with E-state index in [1.165, 1.54) is 0 Å². The van der Waals surface area contributed by atoms with Crippen molar-refractivity contribution in [3.05, 3.63) is 28.5 Å². The van der Waals surface area contributed by atoms with Crippen LogP contribution in [0.5, 0.6) is 0 Å². The van der Waals surface area contributed by atoms with Crippen LogP contribution in [0.4, 0.5) is 4.79 Å². The first-order chi connectivity index (χ1) is 9.83. The fourth-order valence-corrected chi connectivity index (χ4v) is 1.98.